The molecule has 31 heavy (non-hydrogen) atoms. The highest BCUT2D eigenvalue weighted by Gasteiger charge is 2.44. The quantitative estimate of drug-likeness (QED) is 0.521. The van der Waals surface area contributed by atoms with Gasteiger partial charge < -0.3 is 10.0 Å². The van der Waals surface area contributed by atoms with Crippen molar-refractivity contribution in [2.45, 2.75) is 44.5 Å². The Morgan fingerprint density at radius 1 is 1.16 bits per heavy atom. The van der Waals surface area contributed by atoms with Gasteiger partial charge in [0, 0.05) is 42.3 Å². The summed E-state index contributed by atoms with van der Waals surface area (Å²) >= 11 is 3.48. The van der Waals surface area contributed by atoms with Crippen molar-refractivity contribution in [3.8, 4) is 0 Å². The Balaban J connectivity index is 1.60. The lowest BCUT2D eigenvalue weighted by molar-refractivity contribution is -0.384. The highest BCUT2D eigenvalue weighted by molar-refractivity contribution is 9.10. The van der Waals surface area contributed by atoms with Gasteiger partial charge in [0.15, 0.2) is 0 Å². The average Bonchev–Trinajstić information content (AvgIpc) is 2.85. The van der Waals surface area contributed by atoms with E-state index in [1.165, 1.54) is 12.1 Å². The number of aliphatic hydroxyl groups is 1. The summed E-state index contributed by atoms with van der Waals surface area (Å²) in [6, 6.07) is 14.3. The van der Waals surface area contributed by atoms with Gasteiger partial charge >= 0.3 is 0 Å². The van der Waals surface area contributed by atoms with Gasteiger partial charge in [-0.2, -0.15) is 0 Å². The first-order chi connectivity index (χ1) is 14.8. The van der Waals surface area contributed by atoms with E-state index in [1.54, 1.807) is 17.0 Å². The fourth-order valence-electron chi connectivity index (χ4n) is 4.94. The zero-order chi connectivity index (χ0) is 22.1. The fourth-order valence-corrected chi connectivity index (χ4v) is 5.20. The Morgan fingerprint density at radius 2 is 1.90 bits per heavy atom. The molecule has 164 valence electrons. The van der Waals surface area contributed by atoms with Gasteiger partial charge in [0.05, 0.1) is 17.1 Å². The molecule has 2 aliphatic heterocycles. The van der Waals surface area contributed by atoms with Gasteiger partial charge in [0.2, 0.25) is 5.91 Å². The topological polar surface area (TPSA) is 86.9 Å². The molecule has 0 aliphatic carbocycles. The summed E-state index contributed by atoms with van der Waals surface area (Å²) in [4.78, 5) is 28.0. The Morgan fingerprint density at radius 3 is 2.61 bits per heavy atom. The SMILES string of the molecule is C[C@@H]1CC[C@H]2C(=O)N(Cc3cccc([N+](=O)[O-])c3)C[C@H](O)CN2[C@H]1c1ccc(Br)cc1. The van der Waals surface area contributed by atoms with Crippen LogP contribution in [0.2, 0.25) is 0 Å². The molecule has 0 aromatic heterocycles. The smallest absolute Gasteiger partial charge is 0.269 e. The molecule has 4 rings (SSSR count). The number of nitro groups is 1. The van der Waals surface area contributed by atoms with Crippen LogP contribution in [0.1, 0.15) is 36.9 Å². The largest absolute Gasteiger partial charge is 0.390 e. The van der Waals surface area contributed by atoms with Crippen LogP contribution in [0.3, 0.4) is 0 Å². The van der Waals surface area contributed by atoms with Crippen LogP contribution in [0.25, 0.3) is 0 Å². The van der Waals surface area contributed by atoms with Gasteiger partial charge in [-0.15, -0.1) is 0 Å². The Labute approximate surface area is 189 Å². The summed E-state index contributed by atoms with van der Waals surface area (Å²) in [6.07, 6.45) is 0.982. The molecule has 0 saturated carbocycles. The number of nitrogens with zero attached hydrogens (tertiary/aromatic N) is 3. The van der Waals surface area contributed by atoms with Crippen molar-refractivity contribution in [2.24, 2.45) is 5.92 Å². The van der Waals surface area contributed by atoms with E-state index in [1.807, 2.05) is 12.1 Å². The van der Waals surface area contributed by atoms with Crippen LogP contribution in [0.5, 0.6) is 0 Å². The number of carbonyl (C=O) groups excluding carboxylic acids is 1. The van der Waals surface area contributed by atoms with Crippen LogP contribution < -0.4 is 0 Å². The van der Waals surface area contributed by atoms with Crippen LogP contribution in [0.15, 0.2) is 53.0 Å². The predicted molar refractivity (Wildman–Crippen MR) is 120 cm³/mol. The number of halogens is 1. The molecule has 2 aliphatic rings. The van der Waals surface area contributed by atoms with Crippen LogP contribution in [0.4, 0.5) is 5.69 Å². The van der Waals surface area contributed by atoms with E-state index in [0.29, 0.717) is 18.0 Å². The first-order valence-electron chi connectivity index (χ1n) is 10.5. The summed E-state index contributed by atoms with van der Waals surface area (Å²) in [5.74, 6) is 0.345. The first-order valence-corrected chi connectivity index (χ1v) is 11.3. The Kier molecular flexibility index (Phi) is 6.41. The lowest BCUT2D eigenvalue weighted by atomic mass is 9.82. The molecule has 0 spiro atoms. The normalized spacial score (nSPS) is 26.9. The Hall–Kier alpha value is -2.29. The molecule has 0 radical (unpaired) electrons. The van der Waals surface area contributed by atoms with Gasteiger partial charge in [0.1, 0.15) is 0 Å². The molecule has 8 heteroatoms. The molecular formula is C23H26BrN3O4. The maximum atomic E-state index is 13.5. The van der Waals surface area contributed by atoms with Gasteiger partial charge in [-0.25, -0.2) is 0 Å². The second-order valence-electron chi connectivity index (χ2n) is 8.56. The second kappa shape index (κ2) is 9.06. The van der Waals surface area contributed by atoms with Gasteiger partial charge in [-0.05, 0) is 42.0 Å². The lowest BCUT2D eigenvalue weighted by Gasteiger charge is -2.44. The molecule has 2 aromatic carbocycles. The Bertz CT molecular complexity index is 968. The molecule has 1 N–H and O–H groups in total. The van der Waals surface area contributed by atoms with Crippen molar-refractivity contribution in [3.63, 3.8) is 0 Å². The zero-order valence-electron chi connectivity index (χ0n) is 17.4. The van der Waals surface area contributed by atoms with Crippen molar-refractivity contribution in [2.75, 3.05) is 13.1 Å². The van der Waals surface area contributed by atoms with Gasteiger partial charge in [-0.3, -0.25) is 19.8 Å². The lowest BCUT2D eigenvalue weighted by Crippen LogP contribution is -2.51. The number of carbonyl (C=O) groups is 1. The minimum absolute atomic E-state index is 0.00346. The van der Waals surface area contributed by atoms with Crippen LogP contribution in [0, 0.1) is 16.0 Å². The third-order valence-corrected chi connectivity index (χ3v) is 6.88. The molecule has 0 bridgehead atoms. The van der Waals surface area contributed by atoms with E-state index >= 15 is 0 Å². The van der Waals surface area contributed by atoms with E-state index in [4.69, 9.17) is 0 Å². The van der Waals surface area contributed by atoms with Crippen molar-refractivity contribution in [1.29, 1.82) is 0 Å². The maximum absolute atomic E-state index is 13.5. The van der Waals surface area contributed by atoms with Crippen molar-refractivity contribution >= 4 is 27.5 Å². The van der Waals surface area contributed by atoms with Crippen molar-refractivity contribution in [3.05, 3.63) is 74.2 Å². The third-order valence-electron chi connectivity index (χ3n) is 6.35. The highest BCUT2D eigenvalue weighted by atomic mass is 79.9. The number of benzene rings is 2. The second-order valence-corrected chi connectivity index (χ2v) is 9.48. The number of nitro benzene ring substituents is 1. The summed E-state index contributed by atoms with van der Waals surface area (Å²) < 4.78 is 1.01. The monoisotopic (exact) mass is 487 g/mol. The third kappa shape index (κ3) is 4.66. The first kappa shape index (κ1) is 21.9. The molecule has 1 amide bonds. The summed E-state index contributed by atoms with van der Waals surface area (Å²) in [6.45, 7) is 3.09. The number of hydrogen-bond acceptors (Lipinski definition) is 5. The number of rotatable bonds is 4. The van der Waals surface area contributed by atoms with Crippen LogP contribution in [-0.2, 0) is 11.3 Å². The van der Waals surface area contributed by atoms with E-state index in [2.05, 4.69) is 39.9 Å². The molecule has 2 fully saturated rings. The van der Waals surface area contributed by atoms with E-state index in [0.717, 1.165) is 22.9 Å². The van der Waals surface area contributed by atoms with Crippen LogP contribution in [-0.4, -0.2) is 51.0 Å². The number of non-ortho nitro benzene ring substituents is 1. The molecule has 2 heterocycles. The predicted octanol–water partition coefficient (Wildman–Crippen LogP) is 3.90. The summed E-state index contributed by atoms with van der Waals surface area (Å²) in [7, 11) is 0. The van der Waals surface area contributed by atoms with E-state index in [-0.39, 0.29) is 36.8 Å². The minimum atomic E-state index is -0.684. The number of amides is 1. The molecule has 0 unspecified atom stereocenters. The van der Waals surface area contributed by atoms with Crippen LogP contribution >= 0.6 is 15.9 Å². The minimum Gasteiger partial charge on any atom is -0.390 e. The zero-order valence-corrected chi connectivity index (χ0v) is 18.9. The fraction of sp³-hybridized carbons (Fsp3) is 0.435. The standard InChI is InChI=1S/C23H26BrN3O4/c1-15-5-10-21-23(29)25(12-16-3-2-4-19(11-16)27(30)31)13-20(28)14-26(21)22(15)17-6-8-18(24)9-7-17/h2-4,6-9,11,15,20-22,28H,5,10,12-14H2,1H3/t15-,20+,21+,22-/m1/s1. The van der Waals surface area contributed by atoms with Gasteiger partial charge in [-0.1, -0.05) is 47.1 Å². The van der Waals surface area contributed by atoms with E-state index < -0.39 is 11.0 Å². The van der Waals surface area contributed by atoms with Crippen molar-refractivity contribution in [1.82, 2.24) is 9.80 Å². The number of aliphatic hydroxyl groups excluding tert-OH is 1. The maximum Gasteiger partial charge on any atom is 0.269 e. The molecule has 2 aromatic rings. The average molecular weight is 488 g/mol. The number of β-amino-alcohol motifs (C(OH)–C–C–N with tert-alkyl or cyclic N) is 1. The number of piperidine rings is 1. The molecular weight excluding hydrogens is 462 g/mol. The van der Waals surface area contributed by atoms with Crippen molar-refractivity contribution < 1.29 is 14.8 Å². The summed E-state index contributed by atoms with van der Waals surface area (Å²) in [5.41, 5.74) is 1.84. The highest BCUT2D eigenvalue weighted by Crippen LogP contribution is 2.40. The number of hydrogen-bond donors (Lipinski definition) is 1. The van der Waals surface area contributed by atoms with E-state index in [9.17, 15) is 20.0 Å². The number of fused-ring (bicyclic) bond motifs is 1. The molecule has 2 saturated heterocycles. The molecule has 4 atom stereocenters. The van der Waals surface area contributed by atoms with Gasteiger partial charge in [0.25, 0.3) is 5.69 Å². The molecule has 7 nitrogen and oxygen atoms in total. The summed E-state index contributed by atoms with van der Waals surface area (Å²) in [5, 5.41) is 21.9.